The van der Waals surface area contributed by atoms with Crippen LogP contribution in [0.25, 0.3) is 0 Å². The van der Waals surface area contributed by atoms with Crippen molar-refractivity contribution in [3.05, 3.63) is 28.8 Å². The Morgan fingerprint density at radius 2 is 1.79 bits per heavy atom. The number of alkyl halides is 3. The van der Waals surface area contributed by atoms with Gasteiger partial charge in [-0.25, -0.2) is 4.79 Å². The second kappa shape index (κ2) is 11.8. The topological polar surface area (TPSA) is 113 Å². The second-order valence-electron chi connectivity index (χ2n) is 5.75. The van der Waals surface area contributed by atoms with Crippen molar-refractivity contribution in [2.75, 3.05) is 24.7 Å². The van der Waals surface area contributed by atoms with Gasteiger partial charge in [-0.2, -0.15) is 13.2 Å². The van der Waals surface area contributed by atoms with Crippen LogP contribution >= 0.6 is 21.6 Å². The molecule has 1 aromatic carbocycles. The molecule has 162 valence electrons. The number of halogens is 3. The van der Waals surface area contributed by atoms with Crippen LogP contribution in [0.15, 0.2) is 12.1 Å². The van der Waals surface area contributed by atoms with Gasteiger partial charge in [0.25, 0.3) is 5.91 Å². The molecule has 1 amide bonds. The average molecular weight is 455 g/mol. The number of aryl methyl sites for hydroxylation is 1. The van der Waals surface area contributed by atoms with Crippen molar-refractivity contribution in [1.82, 2.24) is 5.32 Å². The molecule has 3 N–H and O–H groups in total. The number of ether oxygens (including phenoxy) is 1. The number of hydrogen-bond acceptors (Lipinski definition) is 6. The van der Waals surface area contributed by atoms with Gasteiger partial charge in [0, 0.05) is 24.5 Å². The zero-order valence-corrected chi connectivity index (χ0v) is 17.0. The van der Waals surface area contributed by atoms with Gasteiger partial charge in [0.05, 0.1) is 18.6 Å². The van der Waals surface area contributed by atoms with Crippen LogP contribution in [0.4, 0.5) is 13.2 Å². The van der Waals surface area contributed by atoms with Crippen molar-refractivity contribution in [1.29, 1.82) is 0 Å². The largest absolute Gasteiger partial charge is 0.492 e. The Kier molecular flexibility index (Phi) is 10.2. The van der Waals surface area contributed by atoms with Gasteiger partial charge in [-0.05, 0) is 24.1 Å². The first-order valence-electron chi connectivity index (χ1n) is 8.33. The standard InChI is InChI=1S/C15H19NO4S2.C2HF3O2/c1-10-8-11-2-5-20-14(11)12(9-10)15(19)16-4-7-22-21-6-3-13(17)18;3-2(4,5)1(6)7/h8-9H,2-7H2,1H3,(H,16,19)(H,17,18);(H,6,7). The van der Waals surface area contributed by atoms with Crippen molar-refractivity contribution < 1.29 is 42.5 Å². The number of benzene rings is 1. The SMILES string of the molecule is Cc1cc2c(c(C(=O)NCCSSCCC(=O)O)c1)OCC2.O=C(O)C(F)(F)F. The Morgan fingerprint density at radius 3 is 2.38 bits per heavy atom. The maximum Gasteiger partial charge on any atom is 0.490 e. The normalized spacial score (nSPS) is 12.3. The maximum atomic E-state index is 12.2. The lowest BCUT2D eigenvalue weighted by Crippen LogP contribution is -2.26. The molecule has 0 atom stereocenters. The van der Waals surface area contributed by atoms with E-state index in [4.69, 9.17) is 19.7 Å². The number of amides is 1. The van der Waals surface area contributed by atoms with Crippen LogP contribution < -0.4 is 10.1 Å². The molecule has 0 saturated carbocycles. The van der Waals surface area contributed by atoms with Crippen molar-refractivity contribution in [3.63, 3.8) is 0 Å². The fourth-order valence-electron chi connectivity index (χ4n) is 2.18. The van der Waals surface area contributed by atoms with Crippen LogP contribution in [0.1, 0.15) is 27.9 Å². The monoisotopic (exact) mass is 455 g/mol. The summed E-state index contributed by atoms with van der Waals surface area (Å²) in [4.78, 5) is 31.5. The summed E-state index contributed by atoms with van der Waals surface area (Å²) in [6, 6.07) is 3.92. The smallest absolute Gasteiger partial charge is 0.490 e. The minimum absolute atomic E-state index is 0.113. The predicted molar refractivity (Wildman–Crippen MR) is 104 cm³/mol. The van der Waals surface area contributed by atoms with Crippen LogP contribution in [0.5, 0.6) is 5.75 Å². The highest BCUT2D eigenvalue weighted by Gasteiger charge is 2.38. The minimum atomic E-state index is -5.08. The van der Waals surface area contributed by atoms with Gasteiger partial charge in [0.2, 0.25) is 0 Å². The summed E-state index contributed by atoms with van der Waals surface area (Å²) in [6.07, 6.45) is -4.07. The van der Waals surface area contributed by atoms with Gasteiger partial charge in [-0.3, -0.25) is 9.59 Å². The lowest BCUT2D eigenvalue weighted by molar-refractivity contribution is -0.192. The van der Waals surface area contributed by atoms with Crippen LogP contribution in [-0.2, 0) is 16.0 Å². The first-order valence-corrected chi connectivity index (χ1v) is 10.8. The molecule has 0 aromatic heterocycles. The molecule has 1 heterocycles. The number of nitrogens with one attached hydrogen (secondary N) is 1. The van der Waals surface area contributed by atoms with Gasteiger partial charge in [-0.15, -0.1) is 0 Å². The van der Waals surface area contributed by atoms with Crippen molar-refractivity contribution in [2.24, 2.45) is 0 Å². The van der Waals surface area contributed by atoms with Gasteiger partial charge in [0.15, 0.2) is 0 Å². The molecule has 1 aromatic rings. The van der Waals surface area contributed by atoms with Gasteiger partial charge < -0.3 is 20.3 Å². The highest BCUT2D eigenvalue weighted by atomic mass is 33.1. The first kappa shape index (κ1) is 25.0. The maximum absolute atomic E-state index is 12.2. The summed E-state index contributed by atoms with van der Waals surface area (Å²) in [7, 11) is 3.08. The average Bonchev–Trinajstić information content (AvgIpc) is 3.07. The third kappa shape index (κ3) is 9.31. The van der Waals surface area contributed by atoms with Crippen LogP contribution in [0, 0.1) is 6.92 Å². The Hall–Kier alpha value is -2.08. The van der Waals surface area contributed by atoms with Gasteiger partial charge in [-0.1, -0.05) is 27.7 Å². The van der Waals surface area contributed by atoms with Crippen LogP contribution in [0.2, 0.25) is 0 Å². The number of aliphatic carboxylic acids is 2. The molecule has 1 aliphatic rings. The minimum Gasteiger partial charge on any atom is -0.492 e. The molecule has 0 fully saturated rings. The number of carbonyl (C=O) groups is 3. The van der Waals surface area contributed by atoms with Crippen LogP contribution in [-0.4, -0.2) is 58.9 Å². The van der Waals surface area contributed by atoms with E-state index in [-0.39, 0.29) is 12.3 Å². The summed E-state index contributed by atoms with van der Waals surface area (Å²) < 4.78 is 37.3. The Balaban J connectivity index is 0.000000516. The summed E-state index contributed by atoms with van der Waals surface area (Å²) in [5, 5.41) is 18.5. The molecule has 0 saturated heterocycles. The van der Waals surface area contributed by atoms with Crippen molar-refractivity contribution in [2.45, 2.75) is 25.9 Å². The number of carboxylic acids is 2. The molecule has 7 nitrogen and oxygen atoms in total. The molecule has 0 unspecified atom stereocenters. The molecule has 0 aliphatic carbocycles. The zero-order chi connectivity index (χ0) is 22.0. The fraction of sp³-hybridized carbons (Fsp3) is 0.471. The molecule has 12 heteroatoms. The van der Waals surface area contributed by atoms with E-state index in [2.05, 4.69) is 11.4 Å². The van der Waals surface area contributed by atoms with Crippen molar-refractivity contribution >= 4 is 39.4 Å². The lowest BCUT2D eigenvalue weighted by Gasteiger charge is -2.10. The second-order valence-corrected chi connectivity index (χ2v) is 8.45. The van der Waals surface area contributed by atoms with E-state index in [1.54, 1.807) is 10.8 Å². The van der Waals surface area contributed by atoms with E-state index < -0.39 is 18.1 Å². The molecule has 29 heavy (non-hydrogen) atoms. The number of fused-ring (bicyclic) bond motifs is 1. The van der Waals surface area contributed by atoms with E-state index in [9.17, 15) is 22.8 Å². The number of rotatable bonds is 8. The molecule has 0 spiro atoms. The van der Waals surface area contributed by atoms with Crippen molar-refractivity contribution in [3.8, 4) is 5.75 Å². The molecular formula is C17H20F3NO6S2. The third-order valence-corrected chi connectivity index (χ3v) is 5.78. The fourth-order valence-corrected chi connectivity index (χ4v) is 4.07. The van der Waals surface area contributed by atoms with Gasteiger partial charge in [0.1, 0.15) is 5.75 Å². The van der Waals surface area contributed by atoms with Crippen LogP contribution in [0.3, 0.4) is 0 Å². The molecule has 2 rings (SSSR count). The van der Waals surface area contributed by atoms with E-state index >= 15 is 0 Å². The molecule has 1 aliphatic heterocycles. The molecule has 0 radical (unpaired) electrons. The Bertz CT molecular complexity index is 743. The van der Waals surface area contributed by atoms with E-state index in [0.29, 0.717) is 30.2 Å². The highest BCUT2D eigenvalue weighted by Crippen LogP contribution is 2.31. The molecular weight excluding hydrogens is 435 g/mol. The summed E-state index contributed by atoms with van der Waals surface area (Å²) in [6.45, 7) is 3.16. The van der Waals surface area contributed by atoms with E-state index in [1.165, 1.54) is 10.8 Å². The number of carboxylic acid groups (broad SMARTS) is 2. The van der Waals surface area contributed by atoms with E-state index in [1.807, 2.05) is 13.0 Å². The Labute approximate surface area is 172 Å². The number of carbonyl (C=O) groups excluding carboxylic acids is 1. The van der Waals surface area contributed by atoms with E-state index in [0.717, 1.165) is 23.3 Å². The summed E-state index contributed by atoms with van der Waals surface area (Å²) in [5.74, 6) is -1.62. The first-order chi connectivity index (χ1) is 13.5. The summed E-state index contributed by atoms with van der Waals surface area (Å²) >= 11 is 0. The zero-order valence-electron chi connectivity index (χ0n) is 15.4. The predicted octanol–water partition coefficient (Wildman–Crippen LogP) is 3.15. The lowest BCUT2D eigenvalue weighted by atomic mass is 10.0. The van der Waals surface area contributed by atoms with Gasteiger partial charge >= 0.3 is 18.1 Å². The quantitative estimate of drug-likeness (QED) is 0.405. The summed E-state index contributed by atoms with van der Waals surface area (Å²) in [5.41, 5.74) is 2.77. The Morgan fingerprint density at radius 1 is 1.17 bits per heavy atom. The highest BCUT2D eigenvalue weighted by molar-refractivity contribution is 8.76. The molecule has 0 bridgehead atoms. The number of hydrogen-bond donors (Lipinski definition) is 3. The third-order valence-electron chi connectivity index (χ3n) is 3.37.